The maximum atomic E-state index is 10.3. The lowest BCUT2D eigenvalue weighted by Gasteiger charge is -2.26. The molecule has 2 atom stereocenters. The quantitative estimate of drug-likeness (QED) is 0.796. The third-order valence-corrected chi connectivity index (χ3v) is 3.52. The summed E-state index contributed by atoms with van der Waals surface area (Å²) in [6.45, 7) is 5.85. The van der Waals surface area contributed by atoms with Crippen LogP contribution in [0.4, 0.5) is 0 Å². The molecule has 1 aliphatic heterocycles. The van der Waals surface area contributed by atoms with Gasteiger partial charge in [-0.05, 0) is 13.8 Å². The van der Waals surface area contributed by atoms with Crippen molar-refractivity contribution in [2.75, 3.05) is 13.2 Å². The summed E-state index contributed by atoms with van der Waals surface area (Å²) < 4.78 is 7.20. The minimum atomic E-state index is -0.726. The van der Waals surface area contributed by atoms with Gasteiger partial charge in [0.05, 0.1) is 11.8 Å². The van der Waals surface area contributed by atoms with Gasteiger partial charge in [-0.25, -0.2) is 0 Å². The monoisotopic (exact) mass is 239 g/mol. The summed E-state index contributed by atoms with van der Waals surface area (Å²) in [5, 5.41) is 17.9. The van der Waals surface area contributed by atoms with E-state index in [0.717, 1.165) is 12.2 Å². The molecule has 1 aliphatic rings. The summed E-state index contributed by atoms with van der Waals surface area (Å²) in [7, 11) is 1.91. The van der Waals surface area contributed by atoms with Crippen molar-refractivity contribution in [3.05, 3.63) is 17.5 Å². The zero-order valence-corrected chi connectivity index (χ0v) is 10.7. The molecule has 5 nitrogen and oxygen atoms in total. The maximum absolute atomic E-state index is 10.3. The van der Waals surface area contributed by atoms with E-state index < -0.39 is 5.60 Å². The lowest BCUT2D eigenvalue weighted by atomic mass is 9.97. The Hall–Kier alpha value is -0.910. The van der Waals surface area contributed by atoms with Crippen LogP contribution in [0, 0.1) is 6.92 Å². The lowest BCUT2D eigenvalue weighted by Crippen LogP contribution is -2.45. The Morgan fingerprint density at radius 2 is 2.47 bits per heavy atom. The minimum absolute atomic E-state index is 0.0926. The van der Waals surface area contributed by atoms with Crippen molar-refractivity contribution < 1.29 is 9.84 Å². The summed E-state index contributed by atoms with van der Waals surface area (Å²) in [5.74, 6) is 0. The van der Waals surface area contributed by atoms with Crippen LogP contribution in [-0.2, 0) is 18.3 Å². The van der Waals surface area contributed by atoms with Crippen LogP contribution >= 0.6 is 0 Å². The lowest BCUT2D eigenvalue weighted by molar-refractivity contribution is -0.0263. The largest absolute Gasteiger partial charge is 0.386 e. The first-order chi connectivity index (χ1) is 8.01. The highest BCUT2D eigenvalue weighted by Gasteiger charge is 2.38. The van der Waals surface area contributed by atoms with Crippen LogP contribution in [0.2, 0.25) is 0 Å². The average Bonchev–Trinajstić information content (AvgIpc) is 2.73. The predicted octanol–water partition coefficient (Wildman–Crippen LogP) is 0.358. The summed E-state index contributed by atoms with van der Waals surface area (Å²) in [4.78, 5) is 0. The molecular weight excluding hydrogens is 218 g/mol. The first-order valence-electron chi connectivity index (χ1n) is 6.05. The molecular formula is C12H21N3O2. The second-order valence-corrected chi connectivity index (χ2v) is 4.88. The Morgan fingerprint density at radius 1 is 1.71 bits per heavy atom. The molecule has 5 heteroatoms. The molecule has 0 saturated carbocycles. The number of aromatic nitrogens is 2. The van der Waals surface area contributed by atoms with Gasteiger partial charge in [-0.15, -0.1) is 0 Å². The maximum Gasteiger partial charge on any atom is 0.105 e. The van der Waals surface area contributed by atoms with E-state index in [9.17, 15) is 5.11 Å². The number of nitrogens with one attached hydrogen (secondary N) is 1. The molecule has 2 N–H and O–H groups in total. The van der Waals surface area contributed by atoms with Gasteiger partial charge in [0, 0.05) is 44.9 Å². The van der Waals surface area contributed by atoms with Crippen LogP contribution in [0.1, 0.15) is 24.6 Å². The van der Waals surface area contributed by atoms with E-state index in [-0.39, 0.29) is 6.10 Å². The van der Waals surface area contributed by atoms with Gasteiger partial charge in [0.15, 0.2) is 0 Å². The van der Waals surface area contributed by atoms with Gasteiger partial charge < -0.3 is 15.2 Å². The third kappa shape index (κ3) is 2.68. The van der Waals surface area contributed by atoms with Crippen molar-refractivity contribution in [3.8, 4) is 0 Å². The number of ether oxygens (including phenoxy) is 1. The molecule has 0 bridgehead atoms. The SMILES string of the molecule is Cc1nn(C)cc1CNCC1(O)CCOC1C. The molecule has 0 spiro atoms. The van der Waals surface area contributed by atoms with Crippen LogP contribution < -0.4 is 5.32 Å². The normalized spacial score (nSPS) is 28.8. The Bertz CT molecular complexity index is 391. The molecule has 2 rings (SSSR count). The number of nitrogens with zero attached hydrogens (tertiary/aromatic N) is 2. The van der Waals surface area contributed by atoms with Crippen molar-refractivity contribution in [3.63, 3.8) is 0 Å². The summed E-state index contributed by atoms with van der Waals surface area (Å²) in [6.07, 6.45) is 2.61. The fourth-order valence-electron chi connectivity index (χ4n) is 2.24. The molecule has 1 saturated heterocycles. The van der Waals surface area contributed by atoms with E-state index >= 15 is 0 Å². The summed E-state index contributed by atoms with van der Waals surface area (Å²) in [6, 6.07) is 0. The van der Waals surface area contributed by atoms with Crippen molar-refractivity contribution in [2.45, 2.75) is 38.5 Å². The number of hydrogen-bond acceptors (Lipinski definition) is 4. The predicted molar refractivity (Wildman–Crippen MR) is 64.6 cm³/mol. The second kappa shape index (κ2) is 4.76. The van der Waals surface area contributed by atoms with E-state index in [0.29, 0.717) is 19.6 Å². The molecule has 1 aromatic rings. The van der Waals surface area contributed by atoms with Gasteiger partial charge in [0.2, 0.25) is 0 Å². The van der Waals surface area contributed by atoms with Gasteiger partial charge in [0.25, 0.3) is 0 Å². The van der Waals surface area contributed by atoms with E-state index in [1.54, 1.807) is 0 Å². The van der Waals surface area contributed by atoms with Gasteiger partial charge in [-0.2, -0.15) is 5.10 Å². The molecule has 96 valence electrons. The zero-order valence-electron chi connectivity index (χ0n) is 10.7. The second-order valence-electron chi connectivity index (χ2n) is 4.88. The topological polar surface area (TPSA) is 59.3 Å². The molecule has 0 aliphatic carbocycles. The zero-order chi connectivity index (χ0) is 12.5. The van der Waals surface area contributed by atoms with Crippen molar-refractivity contribution >= 4 is 0 Å². The summed E-state index contributed by atoms with van der Waals surface area (Å²) >= 11 is 0. The Morgan fingerprint density at radius 3 is 3.00 bits per heavy atom. The Labute approximate surface area is 102 Å². The first kappa shape index (κ1) is 12.5. The highest BCUT2D eigenvalue weighted by Crippen LogP contribution is 2.24. The van der Waals surface area contributed by atoms with Gasteiger partial charge in [-0.3, -0.25) is 4.68 Å². The standard InChI is InChI=1S/C12H21N3O2/c1-9-11(7-15(3)14-9)6-13-8-12(16)4-5-17-10(12)2/h7,10,13,16H,4-6,8H2,1-3H3. The Kier molecular flexibility index (Phi) is 3.51. The fraction of sp³-hybridized carbons (Fsp3) is 0.750. The molecule has 17 heavy (non-hydrogen) atoms. The molecule has 2 unspecified atom stereocenters. The summed E-state index contributed by atoms with van der Waals surface area (Å²) in [5.41, 5.74) is 1.47. The molecule has 0 radical (unpaired) electrons. The van der Waals surface area contributed by atoms with Crippen LogP contribution in [-0.4, -0.2) is 39.7 Å². The van der Waals surface area contributed by atoms with Crippen LogP contribution in [0.25, 0.3) is 0 Å². The van der Waals surface area contributed by atoms with Crippen LogP contribution in [0.5, 0.6) is 0 Å². The highest BCUT2D eigenvalue weighted by atomic mass is 16.5. The average molecular weight is 239 g/mol. The number of aliphatic hydroxyl groups is 1. The molecule has 2 heterocycles. The fourth-order valence-corrected chi connectivity index (χ4v) is 2.24. The number of rotatable bonds is 4. The third-order valence-electron chi connectivity index (χ3n) is 3.52. The van der Waals surface area contributed by atoms with Gasteiger partial charge >= 0.3 is 0 Å². The van der Waals surface area contributed by atoms with E-state index in [1.807, 2.05) is 31.8 Å². The van der Waals surface area contributed by atoms with Crippen molar-refractivity contribution in [1.29, 1.82) is 0 Å². The van der Waals surface area contributed by atoms with Crippen molar-refractivity contribution in [2.24, 2.45) is 7.05 Å². The van der Waals surface area contributed by atoms with E-state index in [1.165, 1.54) is 5.56 Å². The Balaban J connectivity index is 1.85. The smallest absolute Gasteiger partial charge is 0.105 e. The van der Waals surface area contributed by atoms with Crippen LogP contribution in [0.15, 0.2) is 6.20 Å². The van der Waals surface area contributed by atoms with Gasteiger partial charge in [0.1, 0.15) is 5.60 Å². The molecule has 1 aromatic heterocycles. The van der Waals surface area contributed by atoms with E-state index in [2.05, 4.69) is 10.4 Å². The molecule has 0 aromatic carbocycles. The van der Waals surface area contributed by atoms with E-state index in [4.69, 9.17) is 4.74 Å². The number of aryl methyl sites for hydroxylation is 2. The molecule has 1 fully saturated rings. The van der Waals surface area contributed by atoms with Crippen LogP contribution in [0.3, 0.4) is 0 Å². The first-order valence-corrected chi connectivity index (χ1v) is 6.05. The molecule has 0 amide bonds. The highest BCUT2D eigenvalue weighted by molar-refractivity contribution is 5.14. The number of hydrogen-bond donors (Lipinski definition) is 2. The van der Waals surface area contributed by atoms with Gasteiger partial charge in [-0.1, -0.05) is 0 Å². The van der Waals surface area contributed by atoms with Crippen molar-refractivity contribution in [1.82, 2.24) is 15.1 Å². The minimum Gasteiger partial charge on any atom is -0.386 e.